The van der Waals surface area contributed by atoms with Crippen molar-refractivity contribution in [2.45, 2.75) is 13.3 Å². The third-order valence-electron chi connectivity index (χ3n) is 2.61. The van der Waals surface area contributed by atoms with Crippen molar-refractivity contribution in [3.05, 3.63) is 59.6 Å². The van der Waals surface area contributed by atoms with E-state index < -0.39 is 29.4 Å². The van der Waals surface area contributed by atoms with Crippen LogP contribution in [-0.2, 0) is 6.42 Å². The summed E-state index contributed by atoms with van der Waals surface area (Å²) in [6.45, 7) is 5.07. The lowest BCUT2D eigenvalue weighted by Crippen LogP contribution is -2.24. The van der Waals surface area contributed by atoms with Gasteiger partial charge < -0.3 is 5.73 Å². The first-order valence-corrected chi connectivity index (χ1v) is 6.51. The van der Waals surface area contributed by atoms with E-state index in [-0.39, 0.29) is 17.4 Å². The third kappa shape index (κ3) is 5.10. The monoisotopic (exact) mass is 323 g/mol. The van der Waals surface area contributed by atoms with Gasteiger partial charge in [-0.15, -0.1) is 0 Å². The number of nitrogens with one attached hydrogen (secondary N) is 2. The number of benzene rings is 1. The van der Waals surface area contributed by atoms with Crippen molar-refractivity contribution in [2.24, 2.45) is 15.8 Å². The van der Waals surface area contributed by atoms with Crippen molar-refractivity contribution in [3.8, 4) is 0 Å². The van der Waals surface area contributed by atoms with Crippen molar-refractivity contribution in [1.29, 1.82) is 5.41 Å². The first-order valence-electron chi connectivity index (χ1n) is 6.51. The van der Waals surface area contributed by atoms with Gasteiger partial charge in [0.2, 0.25) is 0 Å². The number of allylic oxidation sites excluding steroid dienone is 2. The van der Waals surface area contributed by atoms with Crippen LogP contribution in [0.25, 0.3) is 0 Å². The molecule has 0 bridgehead atoms. The summed E-state index contributed by atoms with van der Waals surface area (Å²) in [4.78, 5) is 3.99. The van der Waals surface area contributed by atoms with Gasteiger partial charge in [0.1, 0.15) is 23.2 Å². The Hall–Kier alpha value is -2.90. The second kappa shape index (κ2) is 8.52. The molecule has 0 aliphatic carbocycles. The third-order valence-corrected chi connectivity index (χ3v) is 2.61. The minimum Gasteiger partial charge on any atom is -0.382 e. The highest BCUT2D eigenvalue weighted by Gasteiger charge is 2.16. The summed E-state index contributed by atoms with van der Waals surface area (Å²) < 4.78 is 40.7. The zero-order valence-electron chi connectivity index (χ0n) is 12.4. The maximum Gasteiger partial charge on any atom is 0.165 e. The Morgan fingerprint density at radius 1 is 1.35 bits per heavy atom. The van der Waals surface area contributed by atoms with Gasteiger partial charge in [-0.3, -0.25) is 10.8 Å². The van der Waals surface area contributed by atoms with E-state index in [2.05, 4.69) is 22.1 Å². The fourth-order valence-corrected chi connectivity index (χ4v) is 1.59. The second-order valence-corrected chi connectivity index (χ2v) is 4.26. The van der Waals surface area contributed by atoms with Crippen LogP contribution in [-0.4, -0.2) is 17.9 Å². The molecule has 0 radical (unpaired) electrons. The molecule has 0 unspecified atom stereocenters. The molecule has 0 amide bonds. The Kier molecular flexibility index (Phi) is 6.72. The van der Waals surface area contributed by atoms with Gasteiger partial charge in [0.15, 0.2) is 11.6 Å². The molecule has 122 valence electrons. The summed E-state index contributed by atoms with van der Waals surface area (Å²) in [5.74, 6) is -3.79. The van der Waals surface area contributed by atoms with Gasteiger partial charge in [0.25, 0.3) is 0 Å². The Morgan fingerprint density at radius 3 is 2.57 bits per heavy atom. The molecular weight excluding hydrogens is 307 g/mol. The Balaban J connectivity index is 3.28. The van der Waals surface area contributed by atoms with E-state index in [1.165, 1.54) is 18.4 Å². The van der Waals surface area contributed by atoms with Gasteiger partial charge in [-0.1, -0.05) is 12.7 Å². The summed E-state index contributed by atoms with van der Waals surface area (Å²) in [5.41, 5.74) is 7.34. The van der Waals surface area contributed by atoms with E-state index in [4.69, 9.17) is 11.1 Å². The zero-order chi connectivity index (χ0) is 17.4. The highest BCUT2D eigenvalue weighted by molar-refractivity contribution is 5.98. The average molecular weight is 323 g/mol. The van der Waals surface area contributed by atoms with E-state index in [0.717, 1.165) is 6.07 Å². The van der Waals surface area contributed by atoms with Crippen molar-refractivity contribution in [1.82, 2.24) is 5.43 Å². The highest BCUT2D eigenvalue weighted by Crippen LogP contribution is 2.17. The predicted molar refractivity (Wildman–Crippen MR) is 85.0 cm³/mol. The predicted octanol–water partition coefficient (Wildman–Crippen LogP) is 2.65. The number of nitrogens with zero attached hydrogens (tertiary/aromatic N) is 2. The average Bonchev–Trinajstić information content (AvgIpc) is 2.51. The van der Waals surface area contributed by atoms with Gasteiger partial charge >= 0.3 is 0 Å². The van der Waals surface area contributed by atoms with Gasteiger partial charge in [0, 0.05) is 18.2 Å². The molecule has 0 aliphatic rings. The molecular formula is C15H16F3N5. The van der Waals surface area contributed by atoms with Crippen LogP contribution in [0.3, 0.4) is 0 Å². The van der Waals surface area contributed by atoms with Crippen molar-refractivity contribution in [2.75, 3.05) is 0 Å². The molecule has 0 saturated heterocycles. The standard InChI is InChI=1S/C15H16F3N5/c1-3-5-12(15(19)20)22-13(23-21-4-2)8-9-10(16)6-7-11(17)14(9)18/h3-7H,1,8H2,2H3,(H3,19,20)(H,22,23)/b12-5+,21-4-. The van der Waals surface area contributed by atoms with Crippen molar-refractivity contribution in [3.63, 3.8) is 0 Å². The first kappa shape index (κ1) is 18.1. The van der Waals surface area contributed by atoms with Crippen LogP contribution >= 0.6 is 0 Å². The van der Waals surface area contributed by atoms with Crippen LogP contribution in [0.5, 0.6) is 0 Å². The second-order valence-electron chi connectivity index (χ2n) is 4.26. The van der Waals surface area contributed by atoms with Crippen LogP contribution < -0.4 is 11.2 Å². The lowest BCUT2D eigenvalue weighted by Gasteiger charge is -2.09. The fraction of sp³-hybridized carbons (Fsp3) is 0.133. The van der Waals surface area contributed by atoms with Crippen molar-refractivity contribution >= 4 is 17.9 Å². The van der Waals surface area contributed by atoms with Gasteiger partial charge in [-0.25, -0.2) is 18.2 Å². The number of halogens is 3. The number of nitrogens with two attached hydrogens (primary N) is 1. The van der Waals surface area contributed by atoms with Crippen LogP contribution in [0.4, 0.5) is 13.2 Å². The molecule has 1 rings (SSSR count). The minimum absolute atomic E-state index is 0.0187. The molecule has 1 aromatic carbocycles. The molecule has 0 aromatic heterocycles. The van der Waals surface area contributed by atoms with Crippen LogP contribution in [0.1, 0.15) is 12.5 Å². The first-order chi connectivity index (χ1) is 10.9. The molecule has 0 atom stereocenters. The number of hydrogen-bond donors (Lipinski definition) is 3. The Labute approximate surface area is 131 Å². The molecule has 0 saturated carbocycles. The number of hydrazone groups is 1. The summed E-state index contributed by atoms with van der Waals surface area (Å²) >= 11 is 0. The smallest absolute Gasteiger partial charge is 0.165 e. The van der Waals surface area contributed by atoms with Gasteiger partial charge in [0.05, 0.1) is 0 Å². The van der Waals surface area contributed by atoms with Gasteiger partial charge in [-0.05, 0) is 25.1 Å². The summed E-state index contributed by atoms with van der Waals surface area (Å²) in [5, 5.41) is 11.1. The van der Waals surface area contributed by atoms with E-state index in [9.17, 15) is 13.2 Å². The van der Waals surface area contributed by atoms with E-state index >= 15 is 0 Å². The van der Waals surface area contributed by atoms with Crippen LogP contribution in [0.2, 0.25) is 0 Å². The number of rotatable bonds is 6. The number of amidine groups is 2. The van der Waals surface area contributed by atoms with E-state index in [0.29, 0.717) is 6.07 Å². The molecule has 0 aliphatic heterocycles. The molecule has 0 fully saturated rings. The molecule has 23 heavy (non-hydrogen) atoms. The number of aliphatic imine (C=N–C) groups is 1. The summed E-state index contributed by atoms with van der Waals surface area (Å²) in [7, 11) is 0. The molecule has 8 heteroatoms. The van der Waals surface area contributed by atoms with E-state index in [1.54, 1.807) is 6.92 Å². The molecule has 4 N–H and O–H groups in total. The SMILES string of the molecule is C=C/C=C(/N=C(Cc1c(F)ccc(F)c1F)N/N=C\C)C(=N)N. The highest BCUT2D eigenvalue weighted by atomic mass is 19.2. The zero-order valence-corrected chi connectivity index (χ0v) is 12.4. The molecule has 0 spiro atoms. The maximum atomic E-state index is 13.8. The van der Waals surface area contributed by atoms with Crippen LogP contribution in [0.15, 0.2) is 46.7 Å². The fourth-order valence-electron chi connectivity index (χ4n) is 1.59. The Morgan fingerprint density at radius 2 is 2.00 bits per heavy atom. The van der Waals surface area contributed by atoms with Crippen molar-refractivity contribution < 1.29 is 13.2 Å². The minimum atomic E-state index is -1.31. The number of hydrogen-bond acceptors (Lipinski definition) is 3. The van der Waals surface area contributed by atoms with E-state index in [1.807, 2.05) is 0 Å². The molecule has 0 heterocycles. The topological polar surface area (TPSA) is 86.6 Å². The lowest BCUT2D eigenvalue weighted by molar-refractivity contribution is 0.483. The summed E-state index contributed by atoms with van der Waals surface area (Å²) in [6.07, 6.45) is 3.68. The Bertz CT molecular complexity index is 693. The largest absolute Gasteiger partial charge is 0.382 e. The molecule has 1 aromatic rings. The summed E-state index contributed by atoms with van der Waals surface area (Å²) in [6, 6.07) is 1.52. The van der Waals surface area contributed by atoms with Gasteiger partial charge in [-0.2, -0.15) is 5.10 Å². The lowest BCUT2D eigenvalue weighted by atomic mass is 10.1. The molecule has 5 nitrogen and oxygen atoms in total. The maximum absolute atomic E-state index is 13.8. The normalized spacial score (nSPS) is 12.5. The van der Waals surface area contributed by atoms with Crippen LogP contribution in [0, 0.1) is 22.9 Å². The quantitative estimate of drug-likeness (QED) is 0.247.